The van der Waals surface area contributed by atoms with Crippen molar-refractivity contribution in [3.8, 4) is 0 Å². The fourth-order valence-corrected chi connectivity index (χ4v) is 1.43. The van der Waals surface area contributed by atoms with Gasteiger partial charge in [0, 0.05) is 11.3 Å². The van der Waals surface area contributed by atoms with E-state index in [0.29, 0.717) is 0 Å². The van der Waals surface area contributed by atoms with Crippen LogP contribution in [0.2, 0.25) is 0 Å². The molecule has 4 N–H and O–H groups in total. The van der Waals surface area contributed by atoms with Gasteiger partial charge in [-0.05, 0) is 19.1 Å². The SMILES string of the molecule is Cc1c(F)cccc1NC(=O)N[C@H](CC(=O)O)C(=O)O. The van der Waals surface area contributed by atoms with Gasteiger partial charge >= 0.3 is 18.0 Å². The van der Waals surface area contributed by atoms with Gasteiger partial charge in [0.05, 0.1) is 6.42 Å². The summed E-state index contributed by atoms with van der Waals surface area (Å²) in [5.41, 5.74) is 0.356. The molecule has 2 amide bonds. The maximum Gasteiger partial charge on any atom is 0.326 e. The minimum Gasteiger partial charge on any atom is -0.481 e. The van der Waals surface area contributed by atoms with E-state index >= 15 is 0 Å². The predicted octanol–water partition coefficient (Wildman–Crippen LogP) is 1.18. The summed E-state index contributed by atoms with van der Waals surface area (Å²) in [7, 11) is 0. The molecule has 7 nitrogen and oxygen atoms in total. The van der Waals surface area contributed by atoms with Crippen LogP contribution in [0, 0.1) is 12.7 Å². The highest BCUT2D eigenvalue weighted by Crippen LogP contribution is 2.17. The first kappa shape index (κ1) is 15.4. The summed E-state index contributed by atoms with van der Waals surface area (Å²) in [6, 6.07) is 1.53. The summed E-state index contributed by atoms with van der Waals surface area (Å²) in [4.78, 5) is 32.8. The van der Waals surface area contributed by atoms with E-state index in [2.05, 4.69) is 5.32 Å². The highest BCUT2D eigenvalue weighted by atomic mass is 19.1. The molecule has 1 atom stereocenters. The Kier molecular flexibility index (Phi) is 5.01. The Balaban J connectivity index is 2.73. The highest BCUT2D eigenvalue weighted by molar-refractivity contribution is 5.93. The molecule has 8 heteroatoms. The fourth-order valence-electron chi connectivity index (χ4n) is 1.43. The number of hydrogen-bond donors (Lipinski definition) is 4. The van der Waals surface area contributed by atoms with Crippen LogP contribution in [0.15, 0.2) is 18.2 Å². The Morgan fingerprint density at radius 3 is 2.50 bits per heavy atom. The summed E-state index contributed by atoms with van der Waals surface area (Å²) in [5.74, 6) is -3.36. The second-order valence-corrected chi connectivity index (χ2v) is 4.00. The van der Waals surface area contributed by atoms with Crippen molar-refractivity contribution in [2.24, 2.45) is 0 Å². The molecule has 0 saturated heterocycles. The van der Waals surface area contributed by atoms with Gasteiger partial charge in [-0.2, -0.15) is 0 Å². The Labute approximate surface area is 113 Å². The van der Waals surface area contributed by atoms with Gasteiger partial charge in [-0.1, -0.05) is 6.07 Å². The minimum absolute atomic E-state index is 0.168. The topological polar surface area (TPSA) is 116 Å². The molecule has 0 aliphatic carbocycles. The van der Waals surface area contributed by atoms with Crippen LogP contribution >= 0.6 is 0 Å². The van der Waals surface area contributed by atoms with Gasteiger partial charge < -0.3 is 20.8 Å². The standard InChI is InChI=1S/C12H13FN2O5/c1-6-7(13)3-2-4-8(6)14-12(20)15-9(11(18)19)5-10(16)17/h2-4,9H,5H2,1H3,(H,16,17)(H,18,19)(H2,14,15,20)/t9-/m1/s1. The molecule has 108 valence electrons. The third-order valence-electron chi connectivity index (χ3n) is 2.50. The maximum absolute atomic E-state index is 13.2. The number of carbonyl (C=O) groups is 3. The van der Waals surface area contributed by atoms with Crippen molar-refractivity contribution in [2.45, 2.75) is 19.4 Å². The monoisotopic (exact) mass is 284 g/mol. The first-order valence-corrected chi connectivity index (χ1v) is 5.58. The number of hydrogen-bond acceptors (Lipinski definition) is 3. The molecule has 1 rings (SSSR count). The number of carbonyl (C=O) groups excluding carboxylic acids is 1. The summed E-state index contributed by atoms with van der Waals surface area (Å²) in [6.45, 7) is 1.44. The average molecular weight is 284 g/mol. The molecule has 0 spiro atoms. The van der Waals surface area contributed by atoms with Crippen molar-refractivity contribution < 1.29 is 29.0 Å². The zero-order valence-electron chi connectivity index (χ0n) is 10.5. The smallest absolute Gasteiger partial charge is 0.326 e. The minimum atomic E-state index is -1.57. The predicted molar refractivity (Wildman–Crippen MR) is 67.0 cm³/mol. The number of benzene rings is 1. The van der Waals surface area contributed by atoms with Crippen LogP contribution in [0.25, 0.3) is 0 Å². The van der Waals surface area contributed by atoms with E-state index < -0.39 is 36.2 Å². The van der Waals surface area contributed by atoms with Crippen LogP contribution < -0.4 is 10.6 Å². The first-order valence-electron chi connectivity index (χ1n) is 5.58. The lowest BCUT2D eigenvalue weighted by atomic mass is 10.2. The van der Waals surface area contributed by atoms with Gasteiger partial charge in [0.2, 0.25) is 0 Å². The van der Waals surface area contributed by atoms with Crippen LogP contribution in [-0.4, -0.2) is 34.2 Å². The van der Waals surface area contributed by atoms with Crippen molar-refractivity contribution in [1.29, 1.82) is 0 Å². The van der Waals surface area contributed by atoms with Gasteiger partial charge in [0.25, 0.3) is 0 Å². The first-order chi connectivity index (χ1) is 9.31. The molecule has 0 aromatic heterocycles. The molecule has 0 unspecified atom stereocenters. The van der Waals surface area contributed by atoms with Gasteiger partial charge in [-0.3, -0.25) is 4.79 Å². The van der Waals surface area contributed by atoms with Crippen molar-refractivity contribution in [1.82, 2.24) is 5.32 Å². The van der Waals surface area contributed by atoms with Crippen LogP contribution in [0.5, 0.6) is 0 Å². The lowest BCUT2D eigenvalue weighted by molar-refractivity contribution is -0.145. The lowest BCUT2D eigenvalue weighted by Crippen LogP contribution is -2.44. The van der Waals surface area contributed by atoms with Crippen molar-refractivity contribution >= 4 is 23.7 Å². The van der Waals surface area contributed by atoms with Crippen LogP contribution in [0.1, 0.15) is 12.0 Å². The fraction of sp³-hybridized carbons (Fsp3) is 0.250. The van der Waals surface area contributed by atoms with Crippen LogP contribution in [0.4, 0.5) is 14.9 Å². The Morgan fingerprint density at radius 2 is 1.95 bits per heavy atom. The molecule has 0 radical (unpaired) electrons. The highest BCUT2D eigenvalue weighted by Gasteiger charge is 2.23. The normalized spacial score (nSPS) is 11.5. The zero-order chi connectivity index (χ0) is 15.3. The van der Waals surface area contributed by atoms with E-state index in [1.54, 1.807) is 0 Å². The maximum atomic E-state index is 13.2. The molecule has 0 heterocycles. The summed E-state index contributed by atoms with van der Waals surface area (Å²) >= 11 is 0. The average Bonchev–Trinajstić information content (AvgIpc) is 2.33. The quantitative estimate of drug-likeness (QED) is 0.648. The molecular formula is C12H13FN2O5. The van der Waals surface area contributed by atoms with E-state index in [1.807, 2.05) is 5.32 Å². The van der Waals surface area contributed by atoms with E-state index in [9.17, 15) is 18.8 Å². The lowest BCUT2D eigenvalue weighted by Gasteiger charge is -2.14. The number of nitrogens with one attached hydrogen (secondary N) is 2. The van der Waals surface area contributed by atoms with Gasteiger partial charge in [-0.15, -0.1) is 0 Å². The molecule has 0 aliphatic rings. The van der Waals surface area contributed by atoms with Gasteiger partial charge in [-0.25, -0.2) is 14.0 Å². The molecule has 20 heavy (non-hydrogen) atoms. The number of rotatable bonds is 5. The molecular weight excluding hydrogens is 271 g/mol. The summed E-state index contributed by atoms with van der Waals surface area (Å²) < 4.78 is 13.2. The number of amides is 2. The second-order valence-electron chi connectivity index (χ2n) is 4.00. The number of halogens is 1. The Morgan fingerprint density at radius 1 is 1.30 bits per heavy atom. The number of urea groups is 1. The summed E-state index contributed by atoms with van der Waals surface area (Å²) in [6.07, 6.45) is -0.759. The largest absolute Gasteiger partial charge is 0.481 e. The summed E-state index contributed by atoms with van der Waals surface area (Å²) in [5, 5.41) is 21.6. The van der Waals surface area contributed by atoms with Crippen molar-refractivity contribution in [2.75, 3.05) is 5.32 Å². The molecule has 1 aromatic carbocycles. The molecule has 0 saturated carbocycles. The van der Waals surface area contributed by atoms with Crippen molar-refractivity contribution in [3.05, 3.63) is 29.6 Å². The molecule has 0 fully saturated rings. The number of carboxylic acid groups (broad SMARTS) is 2. The van der Waals surface area contributed by atoms with E-state index in [0.717, 1.165) is 0 Å². The number of aliphatic carboxylic acids is 2. The Hall–Kier alpha value is -2.64. The van der Waals surface area contributed by atoms with E-state index in [-0.39, 0.29) is 11.3 Å². The molecule has 0 aliphatic heterocycles. The van der Waals surface area contributed by atoms with Gasteiger partial charge in [0.1, 0.15) is 11.9 Å². The van der Waals surface area contributed by atoms with E-state index in [1.165, 1.54) is 25.1 Å². The van der Waals surface area contributed by atoms with Crippen molar-refractivity contribution in [3.63, 3.8) is 0 Å². The third-order valence-corrected chi connectivity index (χ3v) is 2.50. The van der Waals surface area contributed by atoms with E-state index in [4.69, 9.17) is 10.2 Å². The second kappa shape index (κ2) is 6.50. The Bertz CT molecular complexity index is 547. The van der Waals surface area contributed by atoms with Crippen LogP contribution in [0.3, 0.4) is 0 Å². The van der Waals surface area contributed by atoms with Gasteiger partial charge in [0.15, 0.2) is 0 Å². The van der Waals surface area contributed by atoms with Crippen LogP contribution in [-0.2, 0) is 9.59 Å². The third kappa shape index (κ3) is 4.23. The number of anilines is 1. The molecule has 0 bridgehead atoms. The number of carboxylic acids is 2. The molecule has 1 aromatic rings. The zero-order valence-corrected chi connectivity index (χ0v) is 10.5.